The first kappa shape index (κ1) is 16.0. The van der Waals surface area contributed by atoms with E-state index in [-0.39, 0.29) is 28.7 Å². The second-order valence-electron chi connectivity index (χ2n) is 7.84. The van der Waals surface area contributed by atoms with Gasteiger partial charge in [-0.1, -0.05) is 41.5 Å². The minimum atomic E-state index is -0.411. The van der Waals surface area contributed by atoms with Crippen molar-refractivity contribution in [1.29, 1.82) is 0 Å². The molecule has 0 aromatic heterocycles. The number of hydrogen-bond donors (Lipinski definition) is 1. The number of nitrogens with zero attached hydrogens (tertiary/aromatic N) is 1. The van der Waals surface area contributed by atoms with Crippen LogP contribution in [0.15, 0.2) is 0 Å². The molecule has 1 N–H and O–H groups in total. The molecule has 110 valence electrons. The molecule has 0 radical (unpaired) electrons. The van der Waals surface area contributed by atoms with Crippen molar-refractivity contribution < 1.29 is 9.59 Å². The fourth-order valence-corrected chi connectivity index (χ4v) is 2.43. The van der Waals surface area contributed by atoms with E-state index in [1.165, 1.54) is 0 Å². The first-order chi connectivity index (χ1) is 8.43. The third kappa shape index (κ3) is 3.95. The van der Waals surface area contributed by atoms with Crippen LogP contribution in [0, 0.1) is 10.8 Å². The van der Waals surface area contributed by atoms with Crippen LogP contribution >= 0.6 is 0 Å². The van der Waals surface area contributed by atoms with Crippen LogP contribution in [0.2, 0.25) is 0 Å². The van der Waals surface area contributed by atoms with Gasteiger partial charge in [0.15, 0.2) is 0 Å². The quantitative estimate of drug-likeness (QED) is 0.834. The Kier molecular flexibility index (Phi) is 4.33. The number of hydrogen-bond acceptors (Lipinski definition) is 2. The molecular weight excluding hydrogens is 240 g/mol. The van der Waals surface area contributed by atoms with Crippen molar-refractivity contribution in [2.45, 2.75) is 67.0 Å². The Morgan fingerprint density at radius 1 is 1.11 bits per heavy atom. The zero-order valence-electron chi connectivity index (χ0n) is 13.3. The maximum atomic E-state index is 12.4. The van der Waals surface area contributed by atoms with Gasteiger partial charge in [-0.25, -0.2) is 0 Å². The van der Waals surface area contributed by atoms with Crippen molar-refractivity contribution in [2.75, 3.05) is 6.54 Å². The molecule has 1 aliphatic heterocycles. The molecule has 19 heavy (non-hydrogen) atoms. The van der Waals surface area contributed by atoms with Gasteiger partial charge in [0.2, 0.25) is 11.8 Å². The van der Waals surface area contributed by atoms with E-state index in [0.717, 1.165) is 6.42 Å². The summed E-state index contributed by atoms with van der Waals surface area (Å²) in [6.45, 7) is 14.9. The molecule has 0 saturated carbocycles. The van der Waals surface area contributed by atoms with Crippen LogP contribution in [0.5, 0.6) is 0 Å². The number of piperazine rings is 1. The Bertz CT molecular complexity index is 363. The number of rotatable bonds is 2. The van der Waals surface area contributed by atoms with Gasteiger partial charge in [-0.05, 0) is 24.2 Å². The van der Waals surface area contributed by atoms with Gasteiger partial charge in [0.25, 0.3) is 0 Å². The number of carbonyl (C=O) groups excluding carboxylic acids is 2. The molecule has 1 rings (SSSR count). The van der Waals surface area contributed by atoms with Gasteiger partial charge in [-0.15, -0.1) is 0 Å². The summed E-state index contributed by atoms with van der Waals surface area (Å²) in [7, 11) is 0. The Morgan fingerprint density at radius 3 is 2.05 bits per heavy atom. The molecule has 0 aromatic rings. The largest absolute Gasteiger partial charge is 0.343 e. The standard InChI is InChI=1S/C15H28N2O2/c1-10-13(19)17(9-8-14(2,3)4)11(12(18)16-10)15(5,6)7/h10-11H,8-9H2,1-7H3,(H,16,18). The molecule has 1 saturated heterocycles. The molecule has 1 fully saturated rings. The lowest BCUT2D eigenvalue weighted by molar-refractivity contribution is -0.153. The summed E-state index contributed by atoms with van der Waals surface area (Å²) in [5.74, 6) is -0.00251. The molecule has 1 aliphatic rings. The zero-order valence-corrected chi connectivity index (χ0v) is 13.3. The molecular formula is C15H28N2O2. The van der Waals surface area contributed by atoms with Crippen molar-refractivity contribution in [3.63, 3.8) is 0 Å². The average molecular weight is 268 g/mol. The molecule has 0 aliphatic carbocycles. The van der Waals surface area contributed by atoms with Gasteiger partial charge in [-0.2, -0.15) is 0 Å². The molecule has 4 heteroatoms. The normalized spacial score (nSPS) is 25.5. The van der Waals surface area contributed by atoms with E-state index >= 15 is 0 Å². The van der Waals surface area contributed by atoms with Gasteiger partial charge in [0.05, 0.1) is 0 Å². The third-order valence-electron chi connectivity index (χ3n) is 3.50. The number of carbonyl (C=O) groups is 2. The summed E-state index contributed by atoms with van der Waals surface area (Å²) in [4.78, 5) is 26.4. The predicted molar refractivity (Wildman–Crippen MR) is 76.6 cm³/mol. The highest BCUT2D eigenvalue weighted by Crippen LogP contribution is 2.29. The second-order valence-corrected chi connectivity index (χ2v) is 7.84. The van der Waals surface area contributed by atoms with Crippen molar-refractivity contribution in [3.05, 3.63) is 0 Å². The van der Waals surface area contributed by atoms with E-state index in [9.17, 15) is 9.59 Å². The van der Waals surface area contributed by atoms with E-state index in [4.69, 9.17) is 0 Å². The highest BCUT2D eigenvalue weighted by atomic mass is 16.2. The van der Waals surface area contributed by atoms with E-state index < -0.39 is 6.04 Å². The van der Waals surface area contributed by atoms with Gasteiger partial charge < -0.3 is 10.2 Å². The van der Waals surface area contributed by atoms with Crippen LogP contribution in [0.3, 0.4) is 0 Å². The Hall–Kier alpha value is -1.06. The summed E-state index contributed by atoms with van der Waals surface area (Å²) >= 11 is 0. The van der Waals surface area contributed by atoms with Gasteiger partial charge >= 0.3 is 0 Å². The van der Waals surface area contributed by atoms with Crippen LogP contribution in [0.1, 0.15) is 54.9 Å². The number of amides is 2. The molecule has 4 nitrogen and oxygen atoms in total. The SMILES string of the molecule is CC1NC(=O)C(C(C)(C)C)N(CCC(C)(C)C)C1=O. The fraction of sp³-hybridized carbons (Fsp3) is 0.867. The molecule has 2 unspecified atom stereocenters. The van der Waals surface area contributed by atoms with Gasteiger partial charge in [-0.3, -0.25) is 9.59 Å². The molecule has 1 heterocycles. The molecule has 0 bridgehead atoms. The van der Waals surface area contributed by atoms with Crippen molar-refractivity contribution in [2.24, 2.45) is 10.8 Å². The monoisotopic (exact) mass is 268 g/mol. The minimum absolute atomic E-state index is 0.0313. The number of nitrogens with one attached hydrogen (secondary N) is 1. The average Bonchev–Trinajstić information content (AvgIpc) is 2.17. The molecule has 2 amide bonds. The van der Waals surface area contributed by atoms with Crippen LogP contribution in [-0.2, 0) is 9.59 Å². The summed E-state index contributed by atoms with van der Waals surface area (Å²) in [6.07, 6.45) is 0.894. The first-order valence-corrected chi connectivity index (χ1v) is 7.04. The lowest BCUT2D eigenvalue weighted by atomic mass is 9.82. The van der Waals surface area contributed by atoms with E-state index in [2.05, 4.69) is 26.1 Å². The maximum Gasteiger partial charge on any atom is 0.245 e. The smallest absolute Gasteiger partial charge is 0.245 e. The highest BCUT2D eigenvalue weighted by molar-refractivity contribution is 5.97. The lowest BCUT2D eigenvalue weighted by Crippen LogP contribution is -2.66. The van der Waals surface area contributed by atoms with Crippen LogP contribution < -0.4 is 5.32 Å². The zero-order chi connectivity index (χ0) is 15.0. The second kappa shape index (κ2) is 5.14. The Balaban J connectivity index is 2.97. The van der Waals surface area contributed by atoms with Crippen molar-refractivity contribution in [3.8, 4) is 0 Å². The van der Waals surface area contributed by atoms with Gasteiger partial charge in [0, 0.05) is 6.54 Å². The lowest BCUT2D eigenvalue weighted by Gasteiger charge is -2.44. The minimum Gasteiger partial charge on any atom is -0.343 e. The van der Waals surface area contributed by atoms with Gasteiger partial charge in [0.1, 0.15) is 12.1 Å². The van der Waals surface area contributed by atoms with Crippen LogP contribution in [0.25, 0.3) is 0 Å². The van der Waals surface area contributed by atoms with E-state index in [1.54, 1.807) is 11.8 Å². The van der Waals surface area contributed by atoms with Crippen molar-refractivity contribution in [1.82, 2.24) is 10.2 Å². The van der Waals surface area contributed by atoms with E-state index in [1.807, 2.05) is 20.8 Å². The van der Waals surface area contributed by atoms with Crippen LogP contribution in [-0.4, -0.2) is 35.3 Å². The first-order valence-electron chi connectivity index (χ1n) is 7.04. The fourth-order valence-electron chi connectivity index (χ4n) is 2.43. The summed E-state index contributed by atoms with van der Waals surface area (Å²) < 4.78 is 0. The maximum absolute atomic E-state index is 12.4. The third-order valence-corrected chi connectivity index (χ3v) is 3.50. The summed E-state index contributed by atoms with van der Waals surface area (Å²) in [5.41, 5.74) is -0.0996. The molecule has 0 spiro atoms. The molecule has 2 atom stereocenters. The topological polar surface area (TPSA) is 49.4 Å². The van der Waals surface area contributed by atoms with E-state index in [0.29, 0.717) is 6.54 Å². The summed E-state index contributed by atoms with van der Waals surface area (Å²) in [6, 6.07) is -0.787. The molecule has 0 aromatic carbocycles. The summed E-state index contributed by atoms with van der Waals surface area (Å²) in [5, 5.41) is 2.78. The van der Waals surface area contributed by atoms with Crippen LogP contribution in [0.4, 0.5) is 0 Å². The highest BCUT2D eigenvalue weighted by Gasteiger charge is 2.44. The predicted octanol–water partition coefficient (Wildman–Crippen LogP) is 2.18. The Morgan fingerprint density at radius 2 is 1.63 bits per heavy atom. The Labute approximate surface area is 116 Å². The van der Waals surface area contributed by atoms with Crippen molar-refractivity contribution >= 4 is 11.8 Å².